The SMILES string of the molecule is Cc1cc2cc3ccccc3nc2[nH]c1=O. The number of aromatic nitrogens is 2. The molecule has 0 aliphatic rings. The van der Waals surface area contributed by atoms with Crippen LogP contribution in [0.15, 0.2) is 41.2 Å². The first kappa shape index (κ1) is 9.09. The summed E-state index contributed by atoms with van der Waals surface area (Å²) in [5.41, 5.74) is 2.18. The fraction of sp³-hybridized carbons (Fsp3) is 0.0769. The van der Waals surface area contributed by atoms with E-state index in [-0.39, 0.29) is 5.56 Å². The van der Waals surface area contributed by atoms with Gasteiger partial charge in [-0.25, -0.2) is 4.98 Å². The van der Waals surface area contributed by atoms with E-state index in [4.69, 9.17) is 0 Å². The number of benzene rings is 1. The zero-order valence-corrected chi connectivity index (χ0v) is 8.82. The highest BCUT2D eigenvalue weighted by Gasteiger charge is 2.01. The lowest BCUT2D eigenvalue weighted by Gasteiger charge is -2.01. The minimum absolute atomic E-state index is 0.0738. The summed E-state index contributed by atoms with van der Waals surface area (Å²) in [5, 5.41) is 2.05. The highest BCUT2D eigenvalue weighted by Crippen LogP contribution is 2.17. The van der Waals surface area contributed by atoms with Gasteiger partial charge in [0.15, 0.2) is 0 Å². The third-order valence-electron chi connectivity index (χ3n) is 2.72. The minimum Gasteiger partial charge on any atom is -0.306 e. The highest BCUT2D eigenvalue weighted by molar-refractivity contribution is 5.90. The third-order valence-corrected chi connectivity index (χ3v) is 2.72. The Kier molecular flexibility index (Phi) is 1.80. The molecular formula is C13H10N2O. The Labute approximate surface area is 91.8 Å². The van der Waals surface area contributed by atoms with Crippen molar-refractivity contribution >= 4 is 21.9 Å². The van der Waals surface area contributed by atoms with Crippen LogP contribution in [0.3, 0.4) is 0 Å². The van der Waals surface area contributed by atoms with Gasteiger partial charge in [-0.1, -0.05) is 18.2 Å². The number of hydrogen-bond acceptors (Lipinski definition) is 2. The maximum absolute atomic E-state index is 11.5. The van der Waals surface area contributed by atoms with Gasteiger partial charge in [0.05, 0.1) is 5.52 Å². The van der Waals surface area contributed by atoms with Crippen LogP contribution in [0, 0.1) is 6.92 Å². The number of H-pyrrole nitrogens is 1. The number of para-hydroxylation sites is 1. The molecule has 1 aromatic carbocycles. The quantitative estimate of drug-likeness (QED) is 0.579. The van der Waals surface area contributed by atoms with Gasteiger partial charge in [0.1, 0.15) is 5.65 Å². The summed E-state index contributed by atoms with van der Waals surface area (Å²) in [6.45, 7) is 1.80. The zero-order valence-electron chi connectivity index (χ0n) is 8.82. The van der Waals surface area contributed by atoms with Crippen LogP contribution in [0.2, 0.25) is 0 Å². The lowest BCUT2D eigenvalue weighted by Crippen LogP contribution is -2.09. The summed E-state index contributed by atoms with van der Waals surface area (Å²) in [6, 6.07) is 11.8. The monoisotopic (exact) mass is 210 g/mol. The Morgan fingerprint density at radius 3 is 2.81 bits per heavy atom. The molecule has 0 saturated carbocycles. The molecule has 3 nitrogen and oxygen atoms in total. The first-order valence-electron chi connectivity index (χ1n) is 5.13. The van der Waals surface area contributed by atoms with Crippen LogP contribution in [0.4, 0.5) is 0 Å². The van der Waals surface area contributed by atoms with E-state index in [9.17, 15) is 4.79 Å². The second-order valence-electron chi connectivity index (χ2n) is 3.90. The van der Waals surface area contributed by atoms with E-state index in [2.05, 4.69) is 9.97 Å². The van der Waals surface area contributed by atoms with Crippen molar-refractivity contribution in [3.05, 3.63) is 52.3 Å². The summed E-state index contributed by atoms with van der Waals surface area (Å²) in [4.78, 5) is 18.7. The Morgan fingerprint density at radius 2 is 1.94 bits per heavy atom. The molecule has 16 heavy (non-hydrogen) atoms. The molecule has 0 spiro atoms. The number of nitrogens with zero attached hydrogens (tertiary/aromatic N) is 1. The summed E-state index contributed by atoms with van der Waals surface area (Å²) < 4.78 is 0. The molecule has 0 fully saturated rings. The van der Waals surface area contributed by atoms with Crippen molar-refractivity contribution < 1.29 is 0 Å². The first-order chi connectivity index (χ1) is 7.74. The predicted molar refractivity (Wildman–Crippen MR) is 64.6 cm³/mol. The lowest BCUT2D eigenvalue weighted by molar-refractivity contribution is 1.20. The standard InChI is InChI=1S/C13H10N2O/c1-8-6-10-7-9-4-2-3-5-11(9)14-12(10)15-13(8)16/h2-7H,1H3,(H,14,15,16). The van der Waals surface area contributed by atoms with Crippen LogP contribution >= 0.6 is 0 Å². The maximum Gasteiger partial charge on any atom is 0.252 e. The van der Waals surface area contributed by atoms with Crippen LogP contribution in [0.1, 0.15) is 5.56 Å². The van der Waals surface area contributed by atoms with E-state index >= 15 is 0 Å². The van der Waals surface area contributed by atoms with Gasteiger partial charge in [0.25, 0.3) is 5.56 Å². The van der Waals surface area contributed by atoms with Gasteiger partial charge in [0, 0.05) is 16.3 Å². The van der Waals surface area contributed by atoms with Gasteiger partial charge in [-0.3, -0.25) is 4.79 Å². The number of fused-ring (bicyclic) bond motifs is 2. The Morgan fingerprint density at radius 1 is 1.12 bits per heavy atom. The summed E-state index contributed by atoms with van der Waals surface area (Å²) in [6.07, 6.45) is 0. The Hall–Kier alpha value is -2.16. The largest absolute Gasteiger partial charge is 0.306 e. The molecule has 78 valence electrons. The molecule has 0 aliphatic heterocycles. The second kappa shape index (κ2) is 3.17. The minimum atomic E-state index is -0.0738. The number of hydrogen-bond donors (Lipinski definition) is 1. The fourth-order valence-corrected chi connectivity index (χ4v) is 1.85. The molecule has 0 aliphatic carbocycles. The topological polar surface area (TPSA) is 45.8 Å². The number of pyridine rings is 2. The van der Waals surface area contributed by atoms with Crippen molar-refractivity contribution in [1.82, 2.24) is 9.97 Å². The molecular weight excluding hydrogens is 200 g/mol. The van der Waals surface area contributed by atoms with Gasteiger partial charge in [-0.05, 0) is 25.1 Å². The number of nitrogens with one attached hydrogen (secondary N) is 1. The normalized spacial score (nSPS) is 11.1. The molecule has 2 heterocycles. The van der Waals surface area contributed by atoms with E-state index in [1.807, 2.05) is 36.4 Å². The molecule has 0 radical (unpaired) electrons. The molecule has 0 amide bonds. The van der Waals surface area contributed by atoms with Gasteiger partial charge in [0.2, 0.25) is 0 Å². The van der Waals surface area contributed by atoms with E-state index in [1.165, 1.54) is 0 Å². The smallest absolute Gasteiger partial charge is 0.252 e. The summed E-state index contributed by atoms with van der Waals surface area (Å²) >= 11 is 0. The van der Waals surface area contributed by atoms with Crippen LogP contribution in [0.25, 0.3) is 21.9 Å². The third kappa shape index (κ3) is 1.29. The molecule has 3 aromatic rings. The Balaban J connectivity index is 2.51. The second-order valence-corrected chi connectivity index (χ2v) is 3.90. The van der Waals surface area contributed by atoms with Crippen molar-refractivity contribution in [2.75, 3.05) is 0 Å². The molecule has 1 N–H and O–H groups in total. The van der Waals surface area contributed by atoms with E-state index in [0.29, 0.717) is 11.2 Å². The number of rotatable bonds is 0. The van der Waals surface area contributed by atoms with Crippen LogP contribution in [-0.4, -0.2) is 9.97 Å². The number of aryl methyl sites for hydroxylation is 1. The molecule has 2 aromatic heterocycles. The fourth-order valence-electron chi connectivity index (χ4n) is 1.85. The number of aromatic amines is 1. The van der Waals surface area contributed by atoms with Crippen molar-refractivity contribution in [1.29, 1.82) is 0 Å². The molecule has 0 saturated heterocycles. The van der Waals surface area contributed by atoms with Gasteiger partial charge in [-0.15, -0.1) is 0 Å². The molecule has 0 unspecified atom stereocenters. The molecule has 0 bridgehead atoms. The molecule has 3 rings (SSSR count). The molecule has 3 heteroatoms. The van der Waals surface area contributed by atoms with Crippen LogP contribution in [0.5, 0.6) is 0 Å². The average Bonchev–Trinajstić information content (AvgIpc) is 2.28. The van der Waals surface area contributed by atoms with Crippen molar-refractivity contribution in [2.45, 2.75) is 6.92 Å². The van der Waals surface area contributed by atoms with Crippen LogP contribution in [-0.2, 0) is 0 Å². The lowest BCUT2D eigenvalue weighted by atomic mass is 10.1. The van der Waals surface area contributed by atoms with E-state index < -0.39 is 0 Å². The van der Waals surface area contributed by atoms with Crippen LogP contribution < -0.4 is 5.56 Å². The van der Waals surface area contributed by atoms with Crippen molar-refractivity contribution in [2.24, 2.45) is 0 Å². The highest BCUT2D eigenvalue weighted by atomic mass is 16.1. The van der Waals surface area contributed by atoms with E-state index in [0.717, 1.165) is 16.3 Å². The van der Waals surface area contributed by atoms with Gasteiger partial charge < -0.3 is 4.98 Å². The predicted octanol–water partition coefficient (Wildman–Crippen LogP) is 2.38. The Bertz CT molecular complexity index is 744. The first-order valence-corrected chi connectivity index (χ1v) is 5.13. The maximum atomic E-state index is 11.5. The average molecular weight is 210 g/mol. The summed E-state index contributed by atoms with van der Waals surface area (Å²) in [7, 11) is 0. The van der Waals surface area contributed by atoms with Crippen molar-refractivity contribution in [3.63, 3.8) is 0 Å². The van der Waals surface area contributed by atoms with Gasteiger partial charge >= 0.3 is 0 Å². The molecule has 0 atom stereocenters. The van der Waals surface area contributed by atoms with Crippen molar-refractivity contribution in [3.8, 4) is 0 Å². The van der Waals surface area contributed by atoms with E-state index in [1.54, 1.807) is 6.92 Å². The zero-order chi connectivity index (χ0) is 11.1. The summed E-state index contributed by atoms with van der Waals surface area (Å²) in [5.74, 6) is 0. The van der Waals surface area contributed by atoms with Gasteiger partial charge in [-0.2, -0.15) is 0 Å².